The molecule has 1 atom stereocenters. The van der Waals surface area contributed by atoms with Gasteiger partial charge in [0.25, 0.3) is 0 Å². The summed E-state index contributed by atoms with van der Waals surface area (Å²) >= 11 is 1.64. The lowest BCUT2D eigenvalue weighted by Crippen LogP contribution is -2.30. The molecule has 0 bridgehead atoms. The Balaban J connectivity index is 2.58. The second-order valence-electron chi connectivity index (χ2n) is 4.17. The van der Waals surface area contributed by atoms with E-state index >= 15 is 0 Å². The third-order valence-electron chi connectivity index (χ3n) is 2.61. The molecule has 1 aromatic carbocycles. The average molecular weight is 288 g/mol. The van der Waals surface area contributed by atoms with Crippen molar-refractivity contribution >= 4 is 21.8 Å². The maximum absolute atomic E-state index is 11.8. The summed E-state index contributed by atoms with van der Waals surface area (Å²) in [6.45, 7) is 2.92. The molecule has 0 spiro atoms. The molecule has 0 saturated heterocycles. The van der Waals surface area contributed by atoms with Crippen LogP contribution in [0.15, 0.2) is 24.3 Å². The summed E-state index contributed by atoms with van der Waals surface area (Å²) in [6, 6.07) is 7.32. The van der Waals surface area contributed by atoms with Gasteiger partial charge in [-0.25, -0.2) is 13.1 Å². The number of thioether (sulfide) groups is 1. The van der Waals surface area contributed by atoms with Crippen LogP contribution < -0.4 is 10.5 Å². The Morgan fingerprint density at radius 2 is 1.83 bits per heavy atom. The van der Waals surface area contributed by atoms with Gasteiger partial charge in [0, 0.05) is 18.3 Å². The van der Waals surface area contributed by atoms with E-state index in [-0.39, 0.29) is 11.0 Å². The van der Waals surface area contributed by atoms with E-state index < -0.39 is 10.0 Å². The highest BCUT2D eigenvalue weighted by Crippen LogP contribution is 2.08. The van der Waals surface area contributed by atoms with E-state index in [1.54, 1.807) is 23.9 Å². The van der Waals surface area contributed by atoms with Crippen molar-refractivity contribution in [1.82, 2.24) is 4.72 Å². The van der Waals surface area contributed by atoms with Crippen molar-refractivity contribution in [2.24, 2.45) is 5.73 Å². The molecule has 4 nitrogen and oxygen atoms in total. The summed E-state index contributed by atoms with van der Waals surface area (Å²) in [7, 11) is -3.25. The third-order valence-corrected chi connectivity index (χ3v) is 4.90. The summed E-state index contributed by atoms with van der Waals surface area (Å²) in [5, 5.41) is 0.277. The number of sulfonamides is 1. The van der Waals surface area contributed by atoms with E-state index in [4.69, 9.17) is 5.73 Å². The van der Waals surface area contributed by atoms with Gasteiger partial charge >= 0.3 is 0 Å². The Morgan fingerprint density at radius 3 is 2.33 bits per heavy atom. The minimum atomic E-state index is -3.25. The Hall–Kier alpha value is -0.560. The largest absolute Gasteiger partial charge is 0.326 e. The molecule has 0 fully saturated rings. The van der Waals surface area contributed by atoms with E-state index in [1.165, 1.54) is 0 Å². The van der Waals surface area contributed by atoms with Crippen LogP contribution in [0.5, 0.6) is 0 Å². The lowest BCUT2D eigenvalue weighted by atomic mass is 10.1. The molecule has 0 aromatic heterocycles. The van der Waals surface area contributed by atoms with E-state index in [0.717, 1.165) is 11.1 Å². The van der Waals surface area contributed by atoms with Crippen molar-refractivity contribution < 1.29 is 8.42 Å². The predicted molar refractivity (Wildman–Crippen MR) is 77.9 cm³/mol. The highest BCUT2D eigenvalue weighted by atomic mass is 32.2. The molecule has 1 rings (SSSR count). The minimum Gasteiger partial charge on any atom is -0.326 e. The normalized spacial score (nSPS) is 13.5. The average Bonchev–Trinajstić information content (AvgIpc) is 2.36. The van der Waals surface area contributed by atoms with Crippen molar-refractivity contribution in [2.75, 3.05) is 12.8 Å². The summed E-state index contributed by atoms with van der Waals surface area (Å²) in [5.41, 5.74) is 7.27. The van der Waals surface area contributed by atoms with Gasteiger partial charge in [-0.15, -0.1) is 0 Å². The van der Waals surface area contributed by atoms with Crippen LogP contribution >= 0.6 is 11.8 Å². The minimum absolute atomic E-state index is 0.0128. The summed E-state index contributed by atoms with van der Waals surface area (Å²) < 4.78 is 26.3. The predicted octanol–water partition coefficient (Wildman–Crippen LogP) is 1.32. The highest BCUT2D eigenvalue weighted by molar-refractivity contribution is 7.99. The number of hydrogen-bond acceptors (Lipinski definition) is 4. The van der Waals surface area contributed by atoms with E-state index in [1.807, 2.05) is 25.3 Å². The van der Waals surface area contributed by atoms with Crippen LogP contribution in [0.25, 0.3) is 0 Å². The molecular weight excluding hydrogens is 268 g/mol. The molecule has 18 heavy (non-hydrogen) atoms. The zero-order valence-electron chi connectivity index (χ0n) is 10.7. The molecular formula is C12H20N2O2S2. The smallest absolute Gasteiger partial charge is 0.215 e. The van der Waals surface area contributed by atoms with Gasteiger partial charge in [0.15, 0.2) is 0 Å². The fraction of sp³-hybridized carbons (Fsp3) is 0.500. The standard InChI is InChI=1S/C12H20N2O2S2/c1-10(17-2)8-14-18(15,16)9-12-5-3-11(7-13)4-6-12/h3-6,10,14H,7-9,13H2,1-2H3. The number of benzene rings is 1. The monoisotopic (exact) mass is 288 g/mol. The Kier molecular flexibility index (Phi) is 6.14. The SMILES string of the molecule is CSC(C)CNS(=O)(=O)Cc1ccc(CN)cc1. The molecule has 0 aliphatic carbocycles. The van der Waals surface area contributed by atoms with Crippen LogP contribution in [0.1, 0.15) is 18.1 Å². The van der Waals surface area contributed by atoms with Crippen LogP contribution in [-0.2, 0) is 22.3 Å². The van der Waals surface area contributed by atoms with E-state index in [2.05, 4.69) is 4.72 Å². The highest BCUT2D eigenvalue weighted by Gasteiger charge is 2.12. The lowest BCUT2D eigenvalue weighted by Gasteiger charge is -2.10. The van der Waals surface area contributed by atoms with E-state index in [9.17, 15) is 8.42 Å². The zero-order valence-corrected chi connectivity index (χ0v) is 12.4. The summed E-state index contributed by atoms with van der Waals surface area (Å²) in [6.07, 6.45) is 1.96. The van der Waals surface area contributed by atoms with Crippen LogP contribution in [0.3, 0.4) is 0 Å². The first kappa shape index (κ1) is 15.5. The number of hydrogen-bond donors (Lipinski definition) is 2. The van der Waals surface area contributed by atoms with E-state index in [0.29, 0.717) is 13.1 Å². The summed E-state index contributed by atoms with van der Waals surface area (Å²) in [5.74, 6) is 0.0128. The third kappa shape index (κ3) is 5.39. The van der Waals surface area contributed by atoms with Crippen LogP contribution in [0.4, 0.5) is 0 Å². The van der Waals surface area contributed by atoms with Gasteiger partial charge in [-0.05, 0) is 17.4 Å². The molecule has 1 aromatic rings. The molecule has 0 saturated carbocycles. The summed E-state index contributed by atoms with van der Waals surface area (Å²) in [4.78, 5) is 0. The number of nitrogens with two attached hydrogens (primary N) is 1. The molecule has 6 heteroatoms. The Labute approximate surface area is 113 Å². The fourth-order valence-electron chi connectivity index (χ4n) is 1.37. The van der Waals surface area contributed by atoms with Gasteiger partial charge in [0.05, 0.1) is 5.75 Å². The van der Waals surface area contributed by atoms with Crippen molar-refractivity contribution in [3.05, 3.63) is 35.4 Å². The zero-order chi connectivity index (χ0) is 13.6. The molecule has 0 heterocycles. The number of nitrogens with one attached hydrogen (secondary N) is 1. The quantitative estimate of drug-likeness (QED) is 0.793. The van der Waals surface area contributed by atoms with Gasteiger partial charge in [0.1, 0.15) is 0 Å². The maximum Gasteiger partial charge on any atom is 0.215 e. The van der Waals surface area contributed by atoms with Gasteiger partial charge < -0.3 is 5.73 Å². The van der Waals surface area contributed by atoms with Gasteiger partial charge in [-0.1, -0.05) is 31.2 Å². The molecule has 1 unspecified atom stereocenters. The second kappa shape index (κ2) is 7.13. The number of rotatable bonds is 7. The molecule has 0 radical (unpaired) electrons. The molecule has 0 amide bonds. The van der Waals surface area contributed by atoms with Gasteiger partial charge in [-0.2, -0.15) is 11.8 Å². The second-order valence-corrected chi connectivity index (χ2v) is 7.26. The van der Waals surface area contributed by atoms with Gasteiger partial charge in [0.2, 0.25) is 10.0 Å². The van der Waals surface area contributed by atoms with Crippen molar-refractivity contribution in [3.8, 4) is 0 Å². The topological polar surface area (TPSA) is 72.2 Å². The van der Waals surface area contributed by atoms with Crippen LogP contribution in [-0.4, -0.2) is 26.5 Å². The fourth-order valence-corrected chi connectivity index (χ4v) is 2.96. The van der Waals surface area contributed by atoms with Crippen molar-refractivity contribution in [3.63, 3.8) is 0 Å². The molecule has 0 aliphatic rings. The maximum atomic E-state index is 11.8. The van der Waals surface area contributed by atoms with Gasteiger partial charge in [-0.3, -0.25) is 0 Å². The molecule has 0 aliphatic heterocycles. The van der Waals surface area contributed by atoms with Crippen molar-refractivity contribution in [2.45, 2.75) is 24.5 Å². The molecule has 102 valence electrons. The lowest BCUT2D eigenvalue weighted by molar-refractivity contribution is 0.580. The first-order valence-corrected chi connectivity index (χ1v) is 8.69. The first-order chi connectivity index (χ1) is 8.46. The van der Waals surface area contributed by atoms with Crippen LogP contribution in [0.2, 0.25) is 0 Å². The Bertz CT molecular complexity index is 457. The molecule has 3 N–H and O–H groups in total. The van der Waals surface area contributed by atoms with Crippen LogP contribution in [0, 0.1) is 0 Å². The van der Waals surface area contributed by atoms with Crippen molar-refractivity contribution in [1.29, 1.82) is 0 Å². The first-order valence-electron chi connectivity index (χ1n) is 5.75. The Morgan fingerprint density at radius 1 is 1.28 bits per heavy atom.